The number of carboxylic acids is 1. The molecule has 100 valence electrons. The molecule has 1 aromatic heterocycles. The van der Waals surface area contributed by atoms with Gasteiger partial charge in [0.1, 0.15) is 0 Å². The van der Waals surface area contributed by atoms with Crippen LogP contribution in [0.2, 0.25) is 0 Å². The van der Waals surface area contributed by atoms with Crippen molar-refractivity contribution in [1.29, 1.82) is 0 Å². The molecule has 1 aromatic carbocycles. The van der Waals surface area contributed by atoms with E-state index in [9.17, 15) is 4.79 Å². The molecule has 1 aliphatic rings. The number of carbonyl (C=O) groups is 1. The van der Waals surface area contributed by atoms with Gasteiger partial charge in [0.2, 0.25) is 0 Å². The Morgan fingerprint density at radius 3 is 3.05 bits per heavy atom. The van der Waals surface area contributed by atoms with Gasteiger partial charge in [-0.3, -0.25) is 0 Å². The van der Waals surface area contributed by atoms with Crippen molar-refractivity contribution >= 4 is 17.0 Å². The molecule has 19 heavy (non-hydrogen) atoms. The number of likely N-dealkylation sites (N-methyl/N-ethyl adjacent to an activating group) is 1. The molecule has 0 spiro atoms. The van der Waals surface area contributed by atoms with Gasteiger partial charge >= 0.3 is 5.97 Å². The van der Waals surface area contributed by atoms with Gasteiger partial charge in [0.05, 0.1) is 22.9 Å². The van der Waals surface area contributed by atoms with Gasteiger partial charge < -0.3 is 14.6 Å². The first kappa shape index (κ1) is 12.2. The van der Waals surface area contributed by atoms with Crippen LogP contribution in [0.1, 0.15) is 23.2 Å². The Balaban J connectivity index is 1.94. The average molecular weight is 259 g/mol. The molecule has 0 radical (unpaired) electrons. The fraction of sp³-hybridized carbons (Fsp3) is 0.429. The molecule has 0 amide bonds. The molecule has 2 heterocycles. The molecule has 1 N–H and O–H groups in total. The number of aromatic nitrogens is 2. The molecule has 0 bridgehead atoms. The molecule has 1 fully saturated rings. The van der Waals surface area contributed by atoms with Crippen LogP contribution in [0.5, 0.6) is 0 Å². The Morgan fingerprint density at radius 2 is 2.37 bits per heavy atom. The standard InChI is InChI=1S/C14H17N3O2/c1-16-6-2-3-11(16)8-17-9-15-12-5-4-10(14(18)19)7-13(12)17/h4-5,7,9,11H,2-3,6,8H2,1H3,(H,18,19). The van der Waals surface area contributed by atoms with Gasteiger partial charge in [0.15, 0.2) is 0 Å². The van der Waals surface area contributed by atoms with Crippen LogP contribution in [0.15, 0.2) is 24.5 Å². The lowest BCUT2D eigenvalue weighted by Crippen LogP contribution is -2.29. The number of carboxylic acid groups (broad SMARTS) is 1. The summed E-state index contributed by atoms with van der Waals surface area (Å²) in [5.74, 6) is -0.896. The van der Waals surface area contributed by atoms with Crippen molar-refractivity contribution in [3.05, 3.63) is 30.1 Å². The Labute approximate surface area is 111 Å². The van der Waals surface area contributed by atoms with Crippen molar-refractivity contribution in [2.24, 2.45) is 0 Å². The molecule has 2 aromatic rings. The second-order valence-corrected chi connectivity index (χ2v) is 5.18. The Kier molecular flexibility index (Phi) is 2.98. The quantitative estimate of drug-likeness (QED) is 0.913. The third kappa shape index (κ3) is 2.21. The number of imidazole rings is 1. The summed E-state index contributed by atoms with van der Waals surface area (Å²) < 4.78 is 2.06. The minimum atomic E-state index is -0.896. The van der Waals surface area contributed by atoms with Crippen LogP contribution < -0.4 is 0 Å². The first-order chi connectivity index (χ1) is 9.15. The van der Waals surface area contributed by atoms with Crippen LogP contribution in [0, 0.1) is 0 Å². The fourth-order valence-corrected chi connectivity index (χ4v) is 2.77. The van der Waals surface area contributed by atoms with Crippen LogP contribution >= 0.6 is 0 Å². The summed E-state index contributed by atoms with van der Waals surface area (Å²) >= 11 is 0. The topological polar surface area (TPSA) is 58.4 Å². The van der Waals surface area contributed by atoms with Gasteiger partial charge in [0, 0.05) is 12.6 Å². The van der Waals surface area contributed by atoms with E-state index in [1.54, 1.807) is 18.2 Å². The Morgan fingerprint density at radius 1 is 1.53 bits per heavy atom. The van der Waals surface area contributed by atoms with Crippen LogP contribution in [-0.4, -0.2) is 45.2 Å². The minimum absolute atomic E-state index is 0.314. The highest BCUT2D eigenvalue weighted by Gasteiger charge is 2.21. The van der Waals surface area contributed by atoms with E-state index in [-0.39, 0.29) is 0 Å². The minimum Gasteiger partial charge on any atom is -0.478 e. The molecule has 5 heteroatoms. The number of rotatable bonds is 3. The zero-order valence-electron chi connectivity index (χ0n) is 10.9. The summed E-state index contributed by atoms with van der Waals surface area (Å²) in [7, 11) is 2.14. The van der Waals surface area contributed by atoms with Crippen molar-refractivity contribution in [2.45, 2.75) is 25.4 Å². The zero-order valence-corrected chi connectivity index (χ0v) is 10.9. The van der Waals surface area contributed by atoms with Gasteiger partial charge in [-0.15, -0.1) is 0 Å². The first-order valence-corrected chi connectivity index (χ1v) is 6.53. The molecule has 1 saturated heterocycles. The number of fused-ring (bicyclic) bond motifs is 1. The summed E-state index contributed by atoms with van der Waals surface area (Å²) in [6, 6.07) is 5.60. The van der Waals surface area contributed by atoms with E-state index in [0.29, 0.717) is 11.6 Å². The van der Waals surface area contributed by atoms with Crippen molar-refractivity contribution in [3.63, 3.8) is 0 Å². The highest BCUT2D eigenvalue weighted by molar-refractivity contribution is 5.92. The second kappa shape index (κ2) is 4.66. The van der Waals surface area contributed by atoms with Gasteiger partial charge in [-0.1, -0.05) is 0 Å². The monoisotopic (exact) mass is 259 g/mol. The number of benzene rings is 1. The van der Waals surface area contributed by atoms with Gasteiger partial charge in [0.25, 0.3) is 0 Å². The maximum Gasteiger partial charge on any atom is 0.335 e. The van der Waals surface area contributed by atoms with Crippen LogP contribution in [-0.2, 0) is 6.54 Å². The summed E-state index contributed by atoms with van der Waals surface area (Å²) in [5, 5.41) is 9.06. The highest BCUT2D eigenvalue weighted by atomic mass is 16.4. The number of nitrogens with zero attached hydrogens (tertiary/aromatic N) is 3. The molecule has 3 rings (SSSR count). The molecular formula is C14H17N3O2. The maximum atomic E-state index is 11.0. The summed E-state index contributed by atoms with van der Waals surface area (Å²) in [5.41, 5.74) is 2.07. The average Bonchev–Trinajstić information content (AvgIpc) is 2.97. The SMILES string of the molecule is CN1CCCC1Cn1cnc2ccc(C(=O)O)cc21. The Bertz CT molecular complexity index is 620. The molecule has 5 nitrogen and oxygen atoms in total. The lowest BCUT2D eigenvalue weighted by molar-refractivity contribution is 0.0697. The Hall–Kier alpha value is -1.88. The van der Waals surface area contributed by atoms with Crippen molar-refractivity contribution in [1.82, 2.24) is 14.5 Å². The first-order valence-electron chi connectivity index (χ1n) is 6.53. The summed E-state index contributed by atoms with van der Waals surface area (Å²) in [6.07, 6.45) is 4.23. The lowest BCUT2D eigenvalue weighted by atomic mass is 10.2. The van der Waals surface area contributed by atoms with Gasteiger partial charge in [-0.25, -0.2) is 9.78 Å². The number of hydrogen-bond acceptors (Lipinski definition) is 3. The second-order valence-electron chi connectivity index (χ2n) is 5.18. The van der Waals surface area contributed by atoms with Crippen molar-refractivity contribution in [2.75, 3.05) is 13.6 Å². The third-order valence-electron chi connectivity index (χ3n) is 3.95. The van der Waals surface area contributed by atoms with E-state index in [4.69, 9.17) is 5.11 Å². The zero-order chi connectivity index (χ0) is 13.4. The third-order valence-corrected chi connectivity index (χ3v) is 3.95. The predicted octanol–water partition coefficient (Wildman–Crippen LogP) is 1.83. The van der Waals surface area contributed by atoms with E-state index in [2.05, 4.69) is 21.5 Å². The predicted molar refractivity (Wildman–Crippen MR) is 72.3 cm³/mol. The molecule has 1 unspecified atom stereocenters. The van der Waals surface area contributed by atoms with E-state index < -0.39 is 5.97 Å². The van der Waals surface area contributed by atoms with Crippen LogP contribution in [0.3, 0.4) is 0 Å². The van der Waals surface area contributed by atoms with Crippen molar-refractivity contribution in [3.8, 4) is 0 Å². The molecular weight excluding hydrogens is 242 g/mol. The van der Waals surface area contributed by atoms with E-state index in [1.807, 2.05) is 6.33 Å². The maximum absolute atomic E-state index is 11.0. The van der Waals surface area contributed by atoms with E-state index >= 15 is 0 Å². The molecule has 1 atom stereocenters. The molecule has 0 saturated carbocycles. The van der Waals surface area contributed by atoms with E-state index in [1.165, 1.54) is 12.8 Å². The van der Waals surface area contributed by atoms with Crippen LogP contribution in [0.25, 0.3) is 11.0 Å². The lowest BCUT2D eigenvalue weighted by Gasteiger charge is -2.20. The fourth-order valence-electron chi connectivity index (χ4n) is 2.77. The number of hydrogen-bond donors (Lipinski definition) is 1. The smallest absolute Gasteiger partial charge is 0.335 e. The van der Waals surface area contributed by atoms with Crippen LogP contribution in [0.4, 0.5) is 0 Å². The number of likely N-dealkylation sites (tertiary alicyclic amines) is 1. The van der Waals surface area contributed by atoms with Gasteiger partial charge in [-0.2, -0.15) is 0 Å². The molecule has 1 aliphatic heterocycles. The van der Waals surface area contributed by atoms with Crippen molar-refractivity contribution < 1.29 is 9.90 Å². The van der Waals surface area contributed by atoms with Gasteiger partial charge in [-0.05, 0) is 44.6 Å². The number of aromatic carboxylic acids is 1. The summed E-state index contributed by atoms with van der Waals surface area (Å²) in [6.45, 7) is 2.01. The van der Waals surface area contributed by atoms with E-state index in [0.717, 1.165) is 24.1 Å². The normalized spacial score (nSPS) is 20.2. The summed E-state index contributed by atoms with van der Waals surface area (Å²) in [4.78, 5) is 17.7. The highest BCUT2D eigenvalue weighted by Crippen LogP contribution is 2.20. The largest absolute Gasteiger partial charge is 0.478 e. The molecule has 0 aliphatic carbocycles.